The van der Waals surface area contributed by atoms with Gasteiger partial charge in [0.25, 0.3) is 11.8 Å². The van der Waals surface area contributed by atoms with Gasteiger partial charge >= 0.3 is 0 Å². The molecule has 0 bridgehead atoms. The van der Waals surface area contributed by atoms with Crippen LogP contribution in [-0.4, -0.2) is 44.7 Å². The van der Waals surface area contributed by atoms with E-state index in [-0.39, 0.29) is 11.5 Å². The summed E-state index contributed by atoms with van der Waals surface area (Å²) in [7, 11) is -2.78. The van der Waals surface area contributed by atoms with Crippen molar-refractivity contribution >= 4 is 21.8 Å². The molecule has 0 saturated heterocycles. The Morgan fingerprint density at radius 3 is 2.29 bits per heavy atom. The van der Waals surface area contributed by atoms with Crippen molar-refractivity contribution in [2.45, 2.75) is 11.8 Å². The van der Waals surface area contributed by atoms with Gasteiger partial charge in [-0.15, -0.1) is 0 Å². The van der Waals surface area contributed by atoms with Crippen molar-refractivity contribution < 1.29 is 27.1 Å². The van der Waals surface area contributed by atoms with Gasteiger partial charge in [-0.3, -0.25) is 20.4 Å². The first-order chi connectivity index (χ1) is 13.2. The van der Waals surface area contributed by atoms with Gasteiger partial charge in [-0.2, -0.15) is 4.31 Å². The Hall–Kier alpha value is -2.98. The maximum Gasteiger partial charge on any atom is 0.276 e. The number of hydrogen-bond donors (Lipinski definition) is 2. The summed E-state index contributed by atoms with van der Waals surface area (Å²) in [5.74, 6) is -1.40. The van der Waals surface area contributed by atoms with E-state index in [0.29, 0.717) is 5.75 Å². The van der Waals surface area contributed by atoms with E-state index in [1.165, 1.54) is 7.05 Å². The zero-order valence-electron chi connectivity index (χ0n) is 15.3. The van der Waals surface area contributed by atoms with Gasteiger partial charge in [0.2, 0.25) is 10.0 Å². The van der Waals surface area contributed by atoms with E-state index >= 15 is 0 Å². The van der Waals surface area contributed by atoms with Crippen LogP contribution >= 0.6 is 0 Å². The lowest BCUT2D eigenvalue weighted by Gasteiger charge is -2.17. The first-order valence-corrected chi connectivity index (χ1v) is 9.62. The number of ether oxygens (including phenoxy) is 1. The van der Waals surface area contributed by atoms with Crippen LogP contribution in [-0.2, 0) is 19.6 Å². The van der Waals surface area contributed by atoms with Crippen LogP contribution in [0.1, 0.15) is 5.56 Å². The summed E-state index contributed by atoms with van der Waals surface area (Å²) in [5.41, 5.74) is 5.11. The highest BCUT2D eigenvalue weighted by Gasteiger charge is 2.23. The molecule has 2 aromatic rings. The van der Waals surface area contributed by atoms with Crippen LogP contribution in [0.25, 0.3) is 0 Å². The maximum atomic E-state index is 12.9. The van der Waals surface area contributed by atoms with Gasteiger partial charge < -0.3 is 4.74 Å². The molecule has 0 atom stereocenters. The van der Waals surface area contributed by atoms with Gasteiger partial charge in [-0.25, -0.2) is 12.8 Å². The predicted molar refractivity (Wildman–Crippen MR) is 99.2 cm³/mol. The molecule has 0 aromatic heterocycles. The summed E-state index contributed by atoms with van der Waals surface area (Å²) in [6, 6.07) is 11.3. The molecule has 8 nitrogen and oxygen atoms in total. The Morgan fingerprint density at radius 1 is 1.04 bits per heavy atom. The normalized spacial score (nSPS) is 11.1. The number of nitrogens with zero attached hydrogens (tertiary/aromatic N) is 1. The Morgan fingerprint density at radius 2 is 1.64 bits per heavy atom. The van der Waals surface area contributed by atoms with Gasteiger partial charge in [0, 0.05) is 7.05 Å². The molecule has 0 aliphatic carbocycles. The van der Waals surface area contributed by atoms with E-state index in [1.807, 2.05) is 19.1 Å². The van der Waals surface area contributed by atoms with Crippen LogP contribution in [0.4, 0.5) is 4.39 Å². The number of sulfonamides is 1. The third-order valence-electron chi connectivity index (χ3n) is 3.68. The van der Waals surface area contributed by atoms with E-state index in [2.05, 4.69) is 10.9 Å². The molecule has 0 fully saturated rings. The molecule has 28 heavy (non-hydrogen) atoms. The summed E-state index contributed by atoms with van der Waals surface area (Å²) in [6.45, 7) is 0.958. The predicted octanol–water partition coefficient (Wildman–Crippen LogP) is 0.981. The van der Waals surface area contributed by atoms with Crippen molar-refractivity contribution in [1.82, 2.24) is 15.2 Å². The lowest BCUT2D eigenvalue weighted by atomic mass is 10.2. The molecule has 0 spiro atoms. The second-order valence-corrected chi connectivity index (χ2v) is 7.91. The molecule has 2 aromatic carbocycles. The molecule has 10 heteroatoms. The summed E-state index contributed by atoms with van der Waals surface area (Å²) in [5, 5.41) is 0. The minimum Gasteiger partial charge on any atom is -0.483 e. The van der Waals surface area contributed by atoms with Gasteiger partial charge in [0.05, 0.1) is 11.4 Å². The molecule has 2 N–H and O–H groups in total. The SMILES string of the molecule is Cc1ccccc1OCC(=O)NNC(=O)CN(C)S(=O)(=O)c1ccc(F)cc1. The second kappa shape index (κ2) is 9.29. The minimum atomic E-state index is -3.97. The van der Waals surface area contributed by atoms with Crippen LogP contribution in [0.2, 0.25) is 0 Å². The summed E-state index contributed by atoms with van der Waals surface area (Å²) in [4.78, 5) is 23.5. The summed E-state index contributed by atoms with van der Waals surface area (Å²) < 4.78 is 43.7. The van der Waals surface area contributed by atoms with E-state index in [1.54, 1.807) is 12.1 Å². The van der Waals surface area contributed by atoms with Crippen molar-refractivity contribution in [3.63, 3.8) is 0 Å². The van der Waals surface area contributed by atoms with Crippen molar-refractivity contribution in [3.05, 3.63) is 59.9 Å². The minimum absolute atomic E-state index is 0.153. The lowest BCUT2D eigenvalue weighted by molar-refractivity contribution is -0.130. The number of hydrazine groups is 1. The van der Waals surface area contributed by atoms with Crippen LogP contribution in [0.5, 0.6) is 5.75 Å². The number of halogens is 1. The number of likely N-dealkylation sites (N-methyl/N-ethyl adjacent to an activating group) is 1. The van der Waals surface area contributed by atoms with Crippen molar-refractivity contribution in [2.24, 2.45) is 0 Å². The van der Waals surface area contributed by atoms with Gasteiger partial charge in [0.15, 0.2) is 6.61 Å². The average Bonchev–Trinajstić information content (AvgIpc) is 2.66. The van der Waals surface area contributed by atoms with Crippen molar-refractivity contribution in [2.75, 3.05) is 20.2 Å². The highest BCUT2D eigenvalue weighted by atomic mass is 32.2. The second-order valence-electron chi connectivity index (χ2n) is 5.87. The molecule has 0 aliphatic rings. The monoisotopic (exact) mass is 409 g/mol. The van der Waals surface area contributed by atoms with E-state index in [9.17, 15) is 22.4 Å². The highest BCUT2D eigenvalue weighted by Crippen LogP contribution is 2.16. The Bertz CT molecular complexity index is 948. The fourth-order valence-electron chi connectivity index (χ4n) is 2.15. The van der Waals surface area contributed by atoms with E-state index in [0.717, 1.165) is 34.1 Å². The van der Waals surface area contributed by atoms with Crippen molar-refractivity contribution in [1.29, 1.82) is 0 Å². The lowest BCUT2D eigenvalue weighted by Crippen LogP contribution is -2.48. The highest BCUT2D eigenvalue weighted by molar-refractivity contribution is 7.89. The Labute approximate surface area is 162 Å². The fourth-order valence-corrected chi connectivity index (χ4v) is 3.28. The molecule has 0 unspecified atom stereocenters. The molecule has 2 amide bonds. The Kier molecular flexibility index (Phi) is 7.07. The number of carbonyl (C=O) groups excluding carboxylic acids is 2. The zero-order valence-corrected chi connectivity index (χ0v) is 16.1. The quantitative estimate of drug-likeness (QED) is 0.664. The van der Waals surface area contributed by atoms with Crippen LogP contribution in [0, 0.1) is 12.7 Å². The molecular weight excluding hydrogens is 389 g/mol. The summed E-state index contributed by atoms with van der Waals surface area (Å²) in [6.07, 6.45) is 0. The van der Waals surface area contributed by atoms with Gasteiger partial charge in [-0.05, 0) is 42.8 Å². The number of hydrogen-bond acceptors (Lipinski definition) is 5. The first-order valence-electron chi connectivity index (χ1n) is 8.18. The smallest absolute Gasteiger partial charge is 0.276 e. The molecule has 0 aliphatic heterocycles. The van der Waals surface area contributed by atoms with E-state index < -0.39 is 34.2 Å². The maximum absolute atomic E-state index is 12.9. The first kappa shape index (κ1) is 21.3. The van der Waals surface area contributed by atoms with E-state index in [4.69, 9.17) is 4.74 Å². The Balaban J connectivity index is 1.82. The number of carbonyl (C=O) groups is 2. The molecule has 2 rings (SSSR count). The molecule has 0 radical (unpaired) electrons. The standard InChI is InChI=1S/C18H20FN3O5S/c1-13-5-3-4-6-16(13)27-12-18(24)21-20-17(23)11-22(2)28(25,26)15-9-7-14(19)8-10-15/h3-10H,11-12H2,1-2H3,(H,20,23)(H,21,24). The third kappa shape index (κ3) is 5.76. The van der Waals surface area contributed by atoms with Crippen LogP contribution < -0.4 is 15.6 Å². The molecular formula is C18H20FN3O5S. The molecule has 150 valence electrons. The number of para-hydroxylation sites is 1. The molecule has 0 saturated carbocycles. The molecule has 0 heterocycles. The van der Waals surface area contributed by atoms with Gasteiger partial charge in [0.1, 0.15) is 11.6 Å². The van der Waals surface area contributed by atoms with Crippen molar-refractivity contribution in [3.8, 4) is 5.75 Å². The number of amides is 2. The zero-order chi connectivity index (χ0) is 20.7. The third-order valence-corrected chi connectivity index (χ3v) is 5.50. The topological polar surface area (TPSA) is 105 Å². The number of benzene rings is 2. The largest absolute Gasteiger partial charge is 0.483 e. The van der Waals surface area contributed by atoms with Gasteiger partial charge in [-0.1, -0.05) is 18.2 Å². The number of aryl methyl sites for hydroxylation is 1. The summed E-state index contributed by atoms with van der Waals surface area (Å²) >= 11 is 0. The van der Waals surface area contributed by atoms with Crippen LogP contribution in [0.15, 0.2) is 53.4 Å². The van der Waals surface area contributed by atoms with Crippen LogP contribution in [0.3, 0.4) is 0 Å². The number of rotatable bonds is 7. The average molecular weight is 409 g/mol. The fraction of sp³-hybridized carbons (Fsp3) is 0.222. The number of nitrogens with one attached hydrogen (secondary N) is 2.